The zero-order valence-electron chi connectivity index (χ0n) is 9.88. The first-order chi connectivity index (χ1) is 8.76. The third-order valence-electron chi connectivity index (χ3n) is 2.88. The molecule has 0 fully saturated rings. The molecular formula is C15H12O3. The molecule has 0 saturated carbocycles. The highest BCUT2D eigenvalue weighted by atomic mass is 16.5. The molecule has 0 aliphatic carbocycles. The fraction of sp³-hybridized carbons (Fsp3) is 0.0667. The van der Waals surface area contributed by atoms with Gasteiger partial charge in [-0.1, -0.05) is 0 Å². The molecule has 0 unspecified atom stereocenters. The Morgan fingerprint density at radius 3 is 2.50 bits per heavy atom. The molecule has 3 rings (SSSR count). The maximum Gasteiger partial charge on any atom is 0.138 e. The van der Waals surface area contributed by atoms with Gasteiger partial charge in [0, 0.05) is 17.0 Å². The highest BCUT2D eigenvalue weighted by Crippen LogP contribution is 2.30. The minimum atomic E-state index is 0.247. The van der Waals surface area contributed by atoms with E-state index in [4.69, 9.17) is 9.15 Å². The number of benzene rings is 2. The molecule has 3 aromatic rings. The molecule has 0 bridgehead atoms. The van der Waals surface area contributed by atoms with Crippen LogP contribution in [0.1, 0.15) is 0 Å². The first-order valence-electron chi connectivity index (χ1n) is 5.63. The topological polar surface area (TPSA) is 42.6 Å². The summed E-state index contributed by atoms with van der Waals surface area (Å²) >= 11 is 0. The number of phenols is 1. The lowest BCUT2D eigenvalue weighted by atomic mass is 10.1. The molecule has 3 nitrogen and oxygen atoms in total. The summed E-state index contributed by atoms with van der Waals surface area (Å²) < 4.78 is 10.9. The SMILES string of the molecule is COc1ccc2cc(-c3ccc(O)cc3)oc2c1. The predicted octanol–water partition coefficient (Wildman–Crippen LogP) is 3.81. The summed E-state index contributed by atoms with van der Waals surface area (Å²) in [7, 11) is 1.63. The third-order valence-corrected chi connectivity index (χ3v) is 2.88. The Morgan fingerprint density at radius 2 is 1.78 bits per heavy atom. The summed E-state index contributed by atoms with van der Waals surface area (Å²) in [4.78, 5) is 0. The van der Waals surface area contributed by atoms with Gasteiger partial charge in [0.25, 0.3) is 0 Å². The van der Waals surface area contributed by atoms with Crippen molar-refractivity contribution in [1.29, 1.82) is 0 Å². The normalized spacial score (nSPS) is 10.7. The molecule has 1 aromatic heterocycles. The number of rotatable bonds is 2. The molecule has 3 heteroatoms. The average Bonchev–Trinajstić information content (AvgIpc) is 2.82. The molecule has 1 heterocycles. The second-order valence-corrected chi connectivity index (χ2v) is 4.06. The average molecular weight is 240 g/mol. The van der Waals surface area contributed by atoms with Crippen molar-refractivity contribution in [2.45, 2.75) is 0 Å². The zero-order valence-corrected chi connectivity index (χ0v) is 9.88. The maximum absolute atomic E-state index is 9.26. The van der Waals surface area contributed by atoms with Gasteiger partial charge in [-0.25, -0.2) is 0 Å². The Labute approximate surface area is 104 Å². The monoisotopic (exact) mass is 240 g/mol. The van der Waals surface area contributed by atoms with Gasteiger partial charge in [-0.3, -0.25) is 0 Å². The highest BCUT2D eigenvalue weighted by Gasteiger charge is 2.07. The quantitative estimate of drug-likeness (QED) is 0.740. The second kappa shape index (κ2) is 4.11. The highest BCUT2D eigenvalue weighted by molar-refractivity contribution is 5.84. The van der Waals surface area contributed by atoms with Crippen LogP contribution in [0, 0.1) is 0 Å². The van der Waals surface area contributed by atoms with Gasteiger partial charge in [-0.2, -0.15) is 0 Å². The fourth-order valence-corrected chi connectivity index (χ4v) is 1.91. The van der Waals surface area contributed by atoms with Gasteiger partial charge in [-0.05, 0) is 42.5 Å². The second-order valence-electron chi connectivity index (χ2n) is 4.06. The number of ether oxygens (including phenoxy) is 1. The van der Waals surface area contributed by atoms with Gasteiger partial charge < -0.3 is 14.3 Å². The van der Waals surface area contributed by atoms with Gasteiger partial charge in [0.2, 0.25) is 0 Å². The Hall–Kier alpha value is -2.42. The largest absolute Gasteiger partial charge is 0.508 e. The van der Waals surface area contributed by atoms with Crippen LogP contribution in [-0.4, -0.2) is 12.2 Å². The summed E-state index contributed by atoms with van der Waals surface area (Å²) in [6.07, 6.45) is 0. The Bertz CT molecular complexity index is 681. The van der Waals surface area contributed by atoms with Crippen LogP contribution >= 0.6 is 0 Å². The molecule has 0 aliphatic rings. The van der Waals surface area contributed by atoms with Crippen molar-refractivity contribution >= 4 is 11.0 Å². The molecule has 0 amide bonds. The Balaban J connectivity index is 2.10. The number of phenolic OH excluding ortho intramolecular Hbond substituents is 1. The van der Waals surface area contributed by atoms with Gasteiger partial charge in [0.05, 0.1) is 7.11 Å². The van der Waals surface area contributed by atoms with Crippen molar-refractivity contribution < 1.29 is 14.3 Å². The Kier molecular flexibility index (Phi) is 2.45. The van der Waals surface area contributed by atoms with E-state index in [0.717, 1.165) is 28.0 Å². The van der Waals surface area contributed by atoms with E-state index in [1.165, 1.54) is 0 Å². The number of aromatic hydroxyl groups is 1. The molecule has 0 aliphatic heterocycles. The standard InChI is InChI=1S/C15H12O3/c1-17-13-7-4-11-8-14(18-15(11)9-13)10-2-5-12(16)6-3-10/h2-9,16H,1H3. The molecule has 2 aromatic carbocycles. The first kappa shape index (κ1) is 10.7. The molecule has 90 valence electrons. The van der Waals surface area contributed by atoms with Crippen LogP contribution in [0.4, 0.5) is 0 Å². The van der Waals surface area contributed by atoms with E-state index >= 15 is 0 Å². The lowest BCUT2D eigenvalue weighted by molar-refractivity contribution is 0.414. The minimum Gasteiger partial charge on any atom is -0.508 e. The fourth-order valence-electron chi connectivity index (χ4n) is 1.91. The van der Waals surface area contributed by atoms with Gasteiger partial charge in [-0.15, -0.1) is 0 Å². The molecule has 0 saturated heterocycles. The first-order valence-corrected chi connectivity index (χ1v) is 5.63. The smallest absolute Gasteiger partial charge is 0.138 e. The van der Waals surface area contributed by atoms with Crippen molar-refractivity contribution in [1.82, 2.24) is 0 Å². The number of fused-ring (bicyclic) bond motifs is 1. The van der Waals surface area contributed by atoms with Crippen molar-refractivity contribution in [2.75, 3.05) is 7.11 Å². The van der Waals surface area contributed by atoms with E-state index in [1.807, 2.05) is 36.4 Å². The number of hydrogen-bond donors (Lipinski definition) is 1. The number of furan rings is 1. The van der Waals surface area contributed by atoms with Crippen molar-refractivity contribution in [3.05, 3.63) is 48.5 Å². The third kappa shape index (κ3) is 1.80. The summed E-state index contributed by atoms with van der Waals surface area (Å²) in [5, 5.41) is 10.3. The van der Waals surface area contributed by atoms with Crippen molar-refractivity contribution in [3.8, 4) is 22.8 Å². The van der Waals surface area contributed by atoms with Gasteiger partial charge in [0.15, 0.2) is 0 Å². The summed E-state index contributed by atoms with van der Waals surface area (Å²) in [6, 6.07) is 14.6. The van der Waals surface area contributed by atoms with Crippen LogP contribution in [0.3, 0.4) is 0 Å². The van der Waals surface area contributed by atoms with Crippen molar-refractivity contribution in [3.63, 3.8) is 0 Å². The minimum absolute atomic E-state index is 0.247. The van der Waals surface area contributed by atoms with Gasteiger partial charge in [0.1, 0.15) is 22.8 Å². The van der Waals surface area contributed by atoms with Crippen LogP contribution in [0.2, 0.25) is 0 Å². The molecular weight excluding hydrogens is 228 g/mol. The molecule has 0 radical (unpaired) electrons. The molecule has 18 heavy (non-hydrogen) atoms. The van der Waals surface area contributed by atoms with E-state index in [2.05, 4.69) is 0 Å². The lowest BCUT2D eigenvalue weighted by Crippen LogP contribution is -1.79. The zero-order chi connectivity index (χ0) is 12.5. The van der Waals surface area contributed by atoms with Crippen LogP contribution < -0.4 is 4.74 Å². The summed E-state index contributed by atoms with van der Waals surface area (Å²) in [5.41, 5.74) is 1.72. The van der Waals surface area contributed by atoms with Gasteiger partial charge >= 0.3 is 0 Å². The summed E-state index contributed by atoms with van der Waals surface area (Å²) in [6.45, 7) is 0. The number of hydrogen-bond acceptors (Lipinski definition) is 3. The maximum atomic E-state index is 9.26. The molecule has 1 N–H and O–H groups in total. The molecule has 0 spiro atoms. The van der Waals surface area contributed by atoms with Crippen LogP contribution in [0.15, 0.2) is 52.9 Å². The van der Waals surface area contributed by atoms with Crippen molar-refractivity contribution in [2.24, 2.45) is 0 Å². The number of methoxy groups -OCH3 is 1. The molecule has 0 atom stereocenters. The Morgan fingerprint density at radius 1 is 1.00 bits per heavy atom. The van der Waals surface area contributed by atoms with Crippen LogP contribution in [-0.2, 0) is 0 Å². The van der Waals surface area contributed by atoms with E-state index < -0.39 is 0 Å². The predicted molar refractivity (Wildman–Crippen MR) is 69.9 cm³/mol. The lowest BCUT2D eigenvalue weighted by Gasteiger charge is -1.97. The van der Waals surface area contributed by atoms with Crippen LogP contribution in [0.25, 0.3) is 22.3 Å². The van der Waals surface area contributed by atoms with E-state index in [9.17, 15) is 5.11 Å². The van der Waals surface area contributed by atoms with Crippen LogP contribution in [0.5, 0.6) is 11.5 Å². The van der Waals surface area contributed by atoms with E-state index in [-0.39, 0.29) is 5.75 Å². The van der Waals surface area contributed by atoms with E-state index in [1.54, 1.807) is 19.2 Å². The summed E-state index contributed by atoms with van der Waals surface area (Å²) in [5.74, 6) is 1.80. The van der Waals surface area contributed by atoms with E-state index in [0.29, 0.717) is 0 Å².